The van der Waals surface area contributed by atoms with Crippen molar-refractivity contribution in [2.75, 3.05) is 6.61 Å². The van der Waals surface area contributed by atoms with Crippen LogP contribution in [-0.2, 0) is 17.7 Å². The van der Waals surface area contributed by atoms with Crippen LogP contribution < -0.4 is 0 Å². The van der Waals surface area contributed by atoms with Crippen molar-refractivity contribution >= 4 is 34.3 Å². The third kappa shape index (κ3) is 4.67. The zero-order valence-corrected chi connectivity index (χ0v) is 21.4. The van der Waals surface area contributed by atoms with Gasteiger partial charge in [-0.15, -0.1) is 0 Å². The van der Waals surface area contributed by atoms with Crippen molar-refractivity contribution in [1.29, 1.82) is 0 Å². The number of ether oxygens (including phenoxy) is 1. The van der Waals surface area contributed by atoms with Crippen LogP contribution in [0, 0.1) is 13.8 Å². The molecule has 0 fully saturated rings. The molecule has 2 aromatic carbocycles. The lowest BCUT2D eigenvalue weighted by molar-refractivity contribution is 0.0475. The molecule has 6 heteroatoms. The van der Waals surface area contributed by atoms with Crippen LogP contribution in [0.2, 0.25) is 0 Å². The minimum absolute atomic E-state index is 0.202. The van der Waals surface area contributed by atoms with Gasteiger partial charge in [-0.3, -0.25) is 4.79 Å². The van der Waals surface area contributed by atoms with Crippen LogP contribution in [0.5, 0.6) is 5.75 Å². The van der Waals surface area contributed by atoms with Crippen LogP contribution in [0.1, 0.15) is 68.7 Å². The van der Waals surface area contributed by atoms with Crippen LogP contribution in [-0.4, -0.2) is 33.0 Å². The average molecular weight is 495 g/mol. The van der Waals surface area contributed by atoms with Gasteiger partial charge in [-0.1, -0.05) is 37.3 Å². The Balaban J connectivity index is 1.46. The van der Waals surface area contributed by atoms with Crippen molar-refractivity contribution in [2.24, 2.45) is 0 Å². The summed E-state index contributed by atoms with van der Waals surface area (Å²) in [4.78, 5) is 31.4. The molecule has 0 aliphatic heterocycles. The monoisotopic (exact) mass is 494 g/mol. The van der Waals surface area contributed by atoms with Gasteiger partial charge in [0.1, 0.15) is 5.75 Å². The second kappa shape index (κ2) is 10.1. The second-order valence-corrected chi connectivity index (χ2v) is 9.53. The summed E-state index contributed by atoms with van der Waals surface area (Å²) in [5, 5.41) is 10.3. The molecule has 0 atom stereocenters. The first-order chi connectivity index (χ1) is 17.9. The number of ketones is 1. The Kier molecular flexibility index (Phi) is 6.66. The molecule has 4 aromatic rings. The highest BCUT2D eigenvalue weighted by molar-refractivity contribution is 6.08. The number of aromatic nitrogens is 2. The largest absolute Gasteiger partial charge is 0.508 e. The van der Waals surface area contributed by atoms with E-state index in [4.69, 9.17) is 9.72 Å². The van der Waals surface area contributed by atoms with Gasteiger partial charge in [0.05, 0.1) is 16.8 Å². The van der Waals surface area contributed by atoms with Gasteiger partial charge in [0.15, 0.2) is 6.61 Å². The standard InChI is InChI=1S/C31H30N2O4/c1-4-15-33-19(2)16-26(20(33)3)28(35)18-37-31(36)29-24-7-5-6-8-27(24)32-30-22(11-14-25(29)30)17-21-9-12-23(34)13-10-21/h5-10,12-13,16-17,34H,4,11,14-15,18H2,1-3H3/b22-17+. The van der Waals surface area contributed by atoms with Crippen LogP contribution in [0.3, 0.4) is 0 Å². The lowest BCUT2D eigenvalue weighted by atomic mass is 10.0. The Labute approximate surface area is 216 Å². The number of hydrogen-bond acceptors (Lipinski definition) is 5. The molecule has 6 nitrogen and oxygen atoms in total. The Bertz CT molecular complexity index is 1540. The lowest BCUT2D eigenvalue weighted by Crippen LogP contribution is -2.17. The van der Waals surface area contributed by atoms with Gasteiger partial charge in [-0.2, -0.15) is 0 Å². The molecule has 1 aliphatic rings. The molecular weight excluding hydrogens is 464 g/mol. The summed E-state index contributed by atoms with van der Waals surface area (Å²) < 4.78 is 7.76. The fourth-order valence-electron chi connectivity index (χ4n) is 5.22. The van der Waals surface area contributed by atoms with Gasteiger partial charge in [0, 0.05) is 28.9 Å². The minimum Gasteiger partial charge on any atom is -0.508 e. The van der Waals surface area contributed by atoms with Crippen LogP contribution in [0.4, 0.5) is 0 Å². The molecular formula is C31H30N2O4. The summed E-state index contributed by atoms with van der Waals surface area (Å²) in [6.45, 7) is 6.56. The number of rotatable bonds is 7. The molecule has 5 rings (SSSR count). The first kappa shape index (κ1) is 24.5. The summed E-state index contributed by atoms with van der Waals surface area (Å²) in [5.41, 5.74) is 7.34. The highest BCUT2D eigenvalue weighted by Gasteiger charge is 2.28. The highest BCUT2D eigenvalue weighted by atomic mass is 16.5. The average Bonchev–Trinajstić information content (AvgIpc) is 3.42. The molecule has 1 N–H and O–H groups in total. The van der Waals surface area contributed by atoms with Gasteiger partial charge in [0.25, 0.3) is 0 Å². The summed E-state index contributed by atoms with van der Waals surface area (Å²) in [6, 6.07) is 16.4. The number of pyridine rings is 1. The van der Waals surface area contributed by atoms with Crippen LogP contribution >= 0.6 is 0 Å². The van der Waals surface area contributed by atoms with Crippen LogP contribution in [0.25, 0.3) is 22.6 Å². The van der Waals surface area contributed by atoms with E-state index >= 15 is 0 Å². The maximum absolute atomic E-state index is 13.5. The summed E-state index contributed by atoms with van der Waals surface area (Å²) >= 11 is 0. The zero-order valence-electron chi connectivity index (χ0n) is 21.4. The number of fused-ring (bicyclic) bond motifs is 2. The summed E-state index contributed by atoms with van der Waals surface area (Å²) in [7, 11) is 0. The van der Waals surface area contributed by atoms with E-state index in [9.17, 15) is 14.7 Å². The molecule has 0 radical (unpaired) electrons. The van der Waals surface area contributed by atoms with E-state index in [0.717, 1.165) is 58.6 Å². The van der Waals surface area contributed by atoms with Crippen molar-refractivity contribution in [2.45, 2.75) is 46.6 Å². The lowest BCUT2D eigenvalue weighted by Gasteiger charge is -2.12. The molecule has 0 saturated heterocycles. The van der Waals surface area contributed by atoms with Gasteiger partial charge < -0.3 is 14.4 Å². The number of Topliss-reactive ketones (excluding diaryl/α,β-unsaturated/α-hetero) is 1. The number of esters is 1. The third-order valence-electron chi connectivity index (χ3n) is 7.04. The van der Waals surface area contributed by atoms with E-state index in [2.05, 4.69) is 11.5 Å². The molecule has 37 heavy (non-hydrogen) atoms. The molecule has 0 saturated carbocycles. The number of carbonyl (C=O) groups excluding carboxylic acids is 2. The topological polar surface area (TPSA) is 81.4 Å². The number of aromatic hydroxyl groups is 1. The molecule has 0 bridgehead atoms. The maximum atomic E-state index is 13.5. The van der Waals surface area contributed by atoms with E-state index in [1.807, 2.05) is 62.4 Å². The van der Waals surface area contributed by atoms with Crippen molar-refractivity contribution in [3.8, 4) is 5.75 Å². The molecule has 0 unspecified atom stereocenters. The Morgan fingerprint density at radius 2 is 1.84 bits per heavy atom. The number of phenolic OH excluding ortho intramolecular Hbond substituents is 1. The quantitative estimate of drug-likeness (QED) is 0.241. The first-order valence-corrected chi connectivity index (χ1v) is 12.7. The van der Waals surface area contributed by atoms with Gasteiger partial charge in [0.2, 0.25) is 5.78 Å². The van der Waals surface area contributed by atoms with Gasteiger partial charge in [-0.05, 0) is 80.2 Å². The minimum atomic E-state index is -0.503. The van der Waals surface area contributed by atoms with Crippen LogP contribution in [0.15, 0.2) is 54.6 Å². The summed E-state index contributed by atoms with van der Waals surface area (Å²) in [5.74, 6) is -0.492. The van der Waals surface area contributed by atoms with E-state index in [0.29, 0.717) is 23.1 Å². The fraction of sp³-hybridized carbons (Fsp3) is 0.258. The highest BCUT2D eigenvalue weighted by Crippen LogP contribution is 2.38. The maximum Gasteiger partial charge on any atom is 0.339 e. The zero-order chi connectivity index (χ0) is 26.1. The third-order valence-corrected chi connectivity index (χ3v) is 7.04. The van der Waals surface area contributed by atoms with E-state index in [1.165, 1.54) is 0 Å². The predicted molar refractivity (Wildman–Crippen MR) is 145 cm³/mol. The smallest absolute Gasteiger partial charge is 0.339 e. The van der Waals surface area contributed by atoms with E-state index in [1.54, 1.807) is 12.1 Å². The Hall–Kier alpha value is -4.19. The molecule has 0 spiro atoms. The number of para-hydroxylation sites is 1. The van der Waals surface area contributed by atoms with Gasteiger partial charge in [-0.25, -0.2) is 9.78 Å². The van der Waals surface area contributed by atoms with Crippen molar-refractivity contribution in [3.63, 3.8) is 0 Å². The number of hydrogen-bond donors (Lipinski definition) is 1. The summed E-state index contributed by atoms with van der Waals surface area (Å²) in [6.07, 6.45) is 4.41. The second-order valence-electron chi connectivity index (χ2n) is 9.53. The normalized spacial score (nSPS) is 13.8. The number of nitrogens with zero attached hydrogens (tertiary/aromatic N) is 2. The molecule has 2 aromatic heterocycles. The molecule has 1 aliphatic carbocycles. The van der Waals surface area contributed by atoms with Crippen molar-refractivity contribution in [3.05, 3.63) is 93.9 Å². The Morgan fingerprint density at radius 1 is 1.08 bits per heavy atom. The number of allylic oxidation sites excluding steroid dienone is 1. The molecule has 188 valence electrons. The Morgan fingerprint density at radius 3 is 2.59 bits per heavy atom. The number of phenols is 1. The van der Waals surface area contributed by atoms with E-state index in [-0.39, 0.29) is 18.1 Å². The predicted octanol–water partition coefficient (Wildman–Crippen LogP) is 6.30. The van der Waals surface area contributed by atoms with Gasteiger partial charge >= 0.3 is 5.97 Å². The van der Waals surface area contributed by atoms with Crippen molar-refractivity contribution in [1.82, 2.24) is 9.55 Å². The number of carbonyl (C=O) groups is 2. The van der Waals surface area contributed by atoms with E-state index < -0.39 is 5.97 Å². The first-order valence-electron chi connectivity index (χ1n) is 12.7. The SMILES string of the molecule is CCCn1c(C)cc(C(=O)COC(=O)c2c3c(nc4ccccc24)/C(=C/c2ccc(O)cc2)CC3)c1C. The number of aryl methyl sites for hydroxylation is 1. The number of benzene rings is 2. The van der Waals surface area contributed by atoms with Crippen molar-refractivity contribution < 1.29 is 19.4 Å². The fourth-order valence-corrected chi connectivity index (χ4v) is 5.22. The molecule has 2 heterocycles. The molecule has 0 amide bonds.